The molecule has 0 spiro atoms. The number of hydrogen-bond acceptors (Lipinski definition) is 5. The van der Waals surface area contributed by atoms with Gasteiger partial charge in [0.15, 0.2) is 6.10 Å². The lowest BCUT2D eigenvalue weighted by atomic mass is 10.1. The number of unbranched alkanes of at least 4 members (excludes halogenated alkanes) is 2. The van der Waals surface area contributed by atoms with Crippen LogP contribution < -0.4 is 4.74 Å². The van der Waals surface area contributed by atoms with Gasteiger partial charge in [0, 0.05) is 6.61 Å². The molecule has 0 amide bonds. The van der Waals surface area contributed by atoms with Gasteiger partial charge in [0.1, 0.15) is 16.9 Å². The number of para-hydroxylation sites is 1. The topological polar surface area (TPSA) is 61.8 Å². The van der Waals surface area contributed by atoms with E-state index >= 15 is 0 Å². The Balaban J connectivity index is 2.25. The molecular formula is C35H50O5. The third kappa shape index (κ3) is 17.4. The normalized spacial score (nSPS) is 13.3. The molecule has 5 nitrogen and oxygen atoms in total. The van der Waals surface area contributed by atoms with Crippen molar-refractivity contribution < 1.29 is 23.8 Å². The van der Waals surface area contributed by atoms with Crippen LogP contribution in [0.15, 0.2) is 85.0 Å². The minimum atomic E-state index is -0.680. The first-order valence-corrected chi connectivity index (χ1v) is 14.7. The summed E-state index contributed by atoms with van der Waals surface area (Å²) >= 11 is 0. The van der Waals surface area contributed by atoms with Crippen LogP contribution in [0.4, 0.5) is 0 Å². The quantitative estimate of drug-likeness (QED) is 0.0743. The summed E-state index contributed by atoms with van der Waals surface area (Å²) in [5.41, 5.74) is -0.423. The number of allylic oxidation sites excluding steroid dienone is 10. The lowest BCUT2D eigenvalue weighted by Gasteiger charge is -2.21. The molecule has 1 atom stereocenters. The molecule has 1 unspecified atom stereocenters. The fraction of sp³-hybridized carbons (Fsp3) is 0.486. The molecule has 0 aromatic heterocycles. The van der Waals surface area contributed by atoms with Crippen molar-refractivity contribution in [2.24, 2.45) is 0 Å². The summed E-state index contributed by atoms with van der Waals surface area (Å²) in [7, 11) is 0. The van der Waals surface area contributed by atoms with Crippen molar-refractivity contribution in [1.82, 2.24) is 0 Å². The van der Waals surface area contributed by atoms with Crippen LogP contribution in [0.25, 0.3) is 0 Å². The zero-order valence-corrected chi connectivity index (χ0v) is 25.3. The summed E-state index contributed by atoms with van der Waals surface area (Å²) in [6, 6.07) is 6.61. The summed E-state index contributed by atoms with van der Waals surface area (Å²) in [4.78, 5) is 25.2. The highest BCUT2D eigenvalue weighted by molar-refractivity contribution is 5.94. The Hall–Kier alpha value is -3.18. The molecular weight excluding hydrogens is 500 g/mol. The van der Waals surface area contributed by atoms with Gasteiger partial charge in [-0.05, 0) is 90.7 Å². The molecule has 0 aliphatic rings. The average molecular weight is 551 g/mol. The zero-order chi connectivity index (χ0) is 29.5. The summed E-state index contributed by atoms with van der Waals surface area (Å²) in [6.45, 7) is 9.88. The van der Waals surface area contributed by atoms with E-state index in [0.29, 0.717) is 13.0 Å². The Morgan fingerprint density at radius 1 is 0.775 bits per heavy atom. The van der Waals surface area contributed by atoms with Gasteiger partial charge in [-0.15, -0.1) is 0 Å². The predicted molar refractivity (Wildman–Crippen MR) is 166 cm³/mol. The van der Waals surface area contributed by atoms with Gasteiger partial charge < -0.3 is 14.2 Å². The Bertz CT molecular complexity index is 991. The fourth-order valence-corrected chi connectivity index (χ4v) is 3.54. The predicted octanol–water partition coefficient (Wildman–Crippen LogP) is 9.26. The lowest BCUT2D eigenvalue weighted by Crippen LogP contribution is -2.29. The largest absolute Gasteiger partial charge is 0.456 e. The van der Waals surface area contributed by atoms with Crippen LogP contribution in [0.2, 0.25) is 0 Å². The molecule has 0 bridgehead atoms. The van der Waals surface area contributed by atoms with Crippen LogP contribution in [0, 0.1) is 0 Å². The molecule has 0 fully saturated rings. The van der Waals surface area contributed by atoms with E-state index in [-0.39, 0.29) is 11.3 Å². The number of benzene rings is 1. The molecule has 1 rings (SSSR count). The number of carbonyl (C=O) groups is 2. The highest BCUT2D eigenvalue weighted by atomic mass is 16.6. The first kappa shape index (κ1) is 34.8. The van der Waals surface area contributed by atoms with E-state index in [2.05, 4.69) is 67.7 Å². The molecule has 5 heteroatoms. The Labute approximate surface area is 242 Å². The molecule has 1 aromatic rings. The summed E-state index contributed by atoms with van der Waals surface area (Å²) in [5, 5.41) is 0. The molecule has 0 saturated heterocycles. The van der Waals surface area contributed by atoms with Gasteiger partial charge in [-0.1, -0.05) is 86.7 Å². The molecule has 0 heterocycles. The Morgan fingerprint density at radius 2 is 1.32 bits per heavy atom. The van der Waals surface area contributed by atoms with Gasteiger partial charge in [-0.25, -0.2) is 9.59 Å². The van der Waals surface area contributed by atoms with Crippen LogP contribution in [0.1, 0.15) is 103 Å². The van der Waals surface area contributed by atoms with Crippen molar-refractivity contribution in [3.8, 4) is 5.75 Å². The lowest BCUT2D eigenvalue weighted by molar-refractivity contribution is -0.147. The first-order valence-electron chi connectivity index (χ1n) is 14.7. The number of hydrogen-bond donors (Lipinski definition) is 0. The number of rotatable bonds is 19. The molecule has 0 N–H and O–H groups in total. The van der Waals surface area contributed by atoms with Gasteiger partial charge in [0.05, 0.1) is 0 Å². The van der Waals surface area contributed by atoms with Crippen LogP contribution in [-0.4, -0.2) is 30.3 Å². The van der Waals surface area contributed by atoms with E-state index in [0.717, 1.165) is 51.4 Å². The summed E-state index contributed by atoms with van der Waals surface area (Å²) < 4.78 is 16.8. The molecule has 0 saturated carbocycles. The van der Waals surface area contributed by atoms with Crippen molar-refractivity contribution in [2.45, 2.75) is 104 Å². The molecule has 0 aliphatic carbocycles. The minimum absolute atomic E-state index is 0.183. The molecule has 40 heavy (non-hydrogen) atoms. The number of carbonyl (C=O) groups excluding carboxylic acids is 2. The van der Waals surface area contributed by atoms with E-state index in [1.807, 2.05) is 6.92 Å². The van der Waals surface area contributed by atoms with Crippen LogP contribution in [0.5, 0.6) is 5.75 Å². The van der Waals surface area contributed by atoms with Crippen molar-refractivity contribution >= 4 is 11.9 Å². The molecule has 0 aliphatic heterocycles. The third-order valence-corrected chi connectivity index (χ3v) is 5.59. The monoisotopic (exact) mass is 550 g/mol. The zero-order valence-electron chi connectivity index (χ0n) is 25.3. The number of esters is 2. The summed E-state index contributed by atoms with van der Waals surface area (Å²) in [5.74, 6) is -0.849. The second-order valence-corrected chi connectivity index (χ2v) is 10.4. The van der Waals surface area contributed by atoms with E-state index < -0.39 is 23.6 Å². The third-order valence-electron chi connectivity index (χ3n) is 5.59. The van der Waals surface area contributed by atoms with Gasteiger partial charge in [-0.3, -0.25) is 0 Å². The van der Waals surface area contributed by atoms with E-state index in [1.165, 1.54) is 0 Å². The Morgan fingerprint density at radius 3 is 1.88 bits per heavy atom. The summed E-state index contributed by atoms with van der Waals surface area (Å²) in [6.07, 6.45) is 29.6. The first-order chi connectivity index (χ1) is 19.3. The fourth-order valence-electron chi connectivity index (χ4n) is 3.54. The Kier molecular flexibility index (Phi) is 18.8. The van der Waals surface area contributed by atoms with Crippen molar-refractivity contribution in [3.05, 3.63) is 90.6 Å². The van der Waals surface area contributed by atoms with Crippen molar-refractivity contribution in [1.29, 1.82) is 0 Å². The maximum Gasteiger partial charge on any atom is 0.342 e. The van der Waals surface area contributed by atoms with Gasteiger partial charge in [-0.2, -0.15) is 0 Å². The van der Waals surface area contributed by atoms with Crippen molar-refractivity contribution in [3.63, 3.8) is 0 Å². The second-order valence-electron chi connectivity index (χ2n) is 10.4. The minimum Gasteiger partial charge on any atom is -0.456 e. The molecule has 1 aromatic carbocycles. The maximum atomic E-state index is 12.7. The van der Waals surface area contributed by atoms with E-state index in [4.69, 9.17) is 14.2 Å². The van der Waals surface area contributed by atoms with E-state index in [9.17, 15) is 9.59 Å². The van der Waals surface area contributed by atoms with Crippen LogP contribution >= 0.6 is 0 Å². The highest BCUT2D eigenvalue weighted by Crippen LogP contribution is 2.22. The molecule has 220 valence electrons. The standard InChI is InChI=1S/C35H50O5/c1-6-8-9-10-11-12-13-14-15-16-17-18-19-20-21-22-23-26-29-38-31(7-2)34(37)39-32-28-25-24-27-30(32)33(36)40-35(3,4)5/h8-9,11-12,14-15,17-18,20-21,24-25,27-28,31H,6-7,10,13,16,19,22-23,26,29H2,1-5H3. The maximum absolute atomic E-state index is 12.7. The SMILES string of the molecule is CCC=CCC=CCC=CCC=CCC=CCCCCOC(CC)C(=O)Oc1ccccc1C(=O)OC(C)(C)C. The smallest absolute Gasteiger partial charge is 0.342 e. The second kappa shape index (κ2) is 21.6. The number of ether oxygens (including phenoxy) is 3. The molecule has 0 radical (unpaired) electrons. The average Bonchev–Trinajstić information content (AvgIpc) is 2.91. The van der Waals surface area contributed by atoms with Crippen LogP contribution in [0.3, 0.4) is 0 Å². The van der Waals surface area contributed by atoms with Gasteiger partial charge >= 0.3 is 11.9 Å². The van der Waals surface area contributed by atoms with Crippen molar-refractivity contribution in [2.75, 3.05) is 6.61 Å². The van der Waals surface area contributed by atoms with Crippen LogP contribution in [-0.2, 0) is 14.3 Å². The van der Waals surface area contributed by atoms with E-state index in [1.54, 1.807) is 45.0 Å². The van der Waals surface area contributed by atoms with Gasteiger partial charge in [0.2, 0.25) is 0 Å². The van der Waals surface area contributed by atoms with Gasteiger partial charge in [0.25, 0.3) is 0 Å². The highest BCUT2D eigenvalue weighted by Gasteiger charge is 2.24.